The van der Waals surface area contributed by atoms with Crippen molar-refractivity contribution in [2.24, 2.45) is 0 Å². The largest absolute Gasteiger partial charge is 0.457 e. The lowest BCUT2D eigenvalue weighted by Crippen LogP contribution is -2.34. The van der Waals surface area contributed by atoms with Crippen LogP contribution in [0, 0.1) is 0 Å². The van der Waals surface area contributed by atoms with Crippen LogP contribution in [0.1, 0.15) is 17.3 Å². The van der Waals surface area contributed by atoms with E-state index < -0.39 is 0 Å². The van der Waals surface area contributed by atoms with Crippen molar-refractivity contribution in [1.82, 2.24) is 5.32 Å². The molecule has 0 radical (unpaired) electrons. The maximum absolute atomic E-state index is 11.3. The molecular weight excluding hydrogens is 238 g/mol. The topological polar surface area (TPSA) is 62.5 Å². The molecule has 1 atom stereocenters. The molecule has 1 unspecified atom stereocenters. The molecule has 0 spiro atoms. The molecular formula is C8H10BrNO3. The lowest BCUT2D eigenvalue weighted by atomic mass is 10.3. The van der Waals surface area contributed by atoms with E-state index in [1.807, 2.05) is 0 Å². The Balaban J connectivity index is 2.58. The second kappa shape index (κ2) is 4.43. The number of aliphatic hydroxyl groups excluding tert-OH is 1. The highest BCUT2D eigenvalue weighted by Crippen LogP contribution is 2.13. The highest BCUT2D eigenvalue weighted by Gasteiger charge is 2.11. The lowest BCUT2D eigenvalue weighted by molar-refractivity contribution is 0.0921. The van der Waals surface area contributed by atoms with Crippen molar-refractivity contribution in [2.45, 2.75) is 13.0 Å². The van der Waals surface area contributed by atoms with Crippen molar-refractivity contribution < 1.29 is 14.3 Å². The molecule has 0 aliphatic carbocycles. The zero-order valence-electron chi connectivity index (χ0n) is 7.08. The predicted octanol–water partition coefficient (Wildman–Crippen LogP) is 1.15. The van der Waals surface area contributed by atoms with Gasteiger partial charge in [0.15, 0.2) is 4.67 Å². The van der Waals surface area contributed by atoms with Crippen LogP contribution >= 0.6 is 15.9 Å². The monoisotopic (exact) mass is 247 g/mol. The van der Waals surface area contributed by atoms with Gasteiger partial charge in [0.2, 0.25) is 0 Å². The third-order valence-corrected chi connectivity index (χ3v) is 1.90. The average Bonchev–Trinajstić information content (AvgIpc) is 2.51. The van der Waals surface area contributed by atoms with E-state index >= 15 is 0 Å². The molecule has 1 aromatic heterocycles. The second-order valence-corrected chi connectivity index (χ2v) is 3.48. The molecule has 4 nitrogen and oxygen atoms in total. The van der Waals surface area contributed by atoms with Crippen molar-refractivity contribution in [1.29, 1.82) is 0 Å². The van der Waals surface area contributed by atoms with Crippen LogP contribution in [0.5, 0.6) is 0 Å². The molecule has 1 heterocycles. The molecule has 5 heteroatoms. The SMILES string of the molecule is CC(CO)NC(=O)c1coc(Br)c1. The first-order valence-corrected chi connectivity index (χ1v) is 4.58. The third-order valence-electron chi connectivity index (χ3n) is 1.48. The summed E-state index contributed by atoms with van der Waals surface area (Å²) in [5.74, 6) is -0.254. The number of amides is 1. The molecule has 0 bridgehead atoms. The highest BCUT2D eigenvalue weighted by molar-refractivity contribution is 9.10. The van der Waals surface area contributed by atoms with Crippen molar-refractivity contribution in [3.05, 3.63) is 22.6 Å². The first kappa shape index (κ1) is 10.3. The standard InChI is InChI=1S/C8H10BrNO3/c1-5(3-11)10-8(12)6-2-7(9)13-4-6/h2,4-5,11H,3H2,1H3,(H,10,12). The summed E-state index contributed by atoms with van der Waals surface area (Å²) in [5, 5.41) is 11.3. The summed E-state index contributed by atoms with van der Waals surface area (Å²) in [7, 11) is 0. The predicted molar refractivity (Wildman–Crippen MR) is 50.4 cm³/mol. The Morgan fingerprint density at radius 2 is 2.54 bits per heavy atom. The summed E-state index contributed by atoms with van der Waals surface area (Å²) < 4.78 is 5.40. The number of hydrogen-bond donors (Lipinski definition) is 2. The van der Waals surface area contributed by atoms with E-state index in [0.717, 1.165) is 0 Å². The quantitative estimate of drug-likeness (QED) is 0.843. The number of furan rings is 1. The molecule has 1 rings (SSSR count). The first-order chi connectivity index (χ1) is 6.13. The summed E-state index contributed by atoms with van der Waals surface area (Å²) in [6.07, 6.45) is 1.35. The van der Waals surface area contributed by atoms with E-state index in [1.165, 1.54) is 6.26 Å². The van der Waals surface area contributed by atoms with E-state index in [2.05, 4.69) is 21.2 Å². The molecule has 1 amide bonds. The van der Waals surface area contributed by atoms with Gasteiger partial charge in [-0.25, -0.2) is 0 Å². The summed E-state index contributed by atoms with van der Waals surface area (Å²) in [4.78, 5) is 11.3. The van der Waals surface area contributed by atoms with Crippen LogP contribution in [-0.4, -0.2) is 23.7 Å². The summed E-state index contributed by atoms with van der Waals surface area (Å²) in [5.41, 5.74) is 0.437. The van der Waals surface area contributed by atoms with Crippen molar-refractivity contribution in [3.8, 4) is 0 Å². The molecule has 2 N–H and O–H groups in total. The van der Waals surface area contributed by atoms with Crippen LogP contribution in [0.25, 0.3) is 0 Å². The van der Waals surface area contributed by atoms with Crippen LogP contribution in [0.2, 0.25) is 0 Å². The summed E-state index contributed by atoms with van der Waals surface area (Å²) >= 11 is 3.09. The van der Waals surface area contributed by atoms with E-state index in [4.69, 9.17) is 9.52 Å². The zero-order valence-corrected chi connectivity index (χ0v) is 8.67. The molecule has 72 valence electrons. The van der Waals surface area contributed by atoms with Gasteiger partial charge in [0, 0.05) is 12.1 Å². The maximum Gasteiger partial charge on any atom is 0.254 e. The number of hydrogen-bond acceptors (Lipinski definition) is 3. The number of rotatable bonds is 3. The van der Waals surface area contributed by atoms with Gasteiger partial charge in [-0.3, -0.25) is 4.79 Å². The van der Waals surface area contributed by atoms with E-state index in [-0.39, 0.29) is 18.6 Å². The van der Waals surface area contributed by atoms with Gasteiger partial charge in [0.1, 0.15) is 6.26 Å². The molecule has 0 saturated carbocycles. The van der Waals surface area contributed by atoms with Crippen LogP contribution in [0.3, 0.4) is 0 Å². The van der Waals surface area contributed by atoms with Crippen LogP contribution < -0.4 is 5.32 Å². The zero-order chi connectivity index (χ0) is 9.84. The molecule has 0 aliphatic rings. The second-order valence-electron chi connectivity index (χ2n) is 2.70. The Kier molecular flexibility index (Phi) is 3.50. The summed E-state index contributed by atoms with van der Waals surface area (Å²) in [6, 6.07) is 1.32. The minimum absolute atomic E-state index is 0.0786. The Bertz CT molecular complexity index is 297. The molecule has 13 heavy (non-hydrogen) atoms. The van der Waals surface area contributed by atoms with Crippen molar-refractivity contribution in [3.63, 3.8) is 0 Å². The third kappa shape index (κ3) is 2.86. The van der Waals surface area contributed by atoms with Gasteiger partial charge in [-0.1, -0.05) is 0 Å². The number of aliphatic hydroxyl groups is 1. The van der Waals surface area contributed by atoms with Gasteiger partial charge in [0.05, 0.1) is 12.2 Å². The number of carbonyl (C=O) groups is 1. The molecule has 1 aromatic rings. The number of carbonyl (C=O) groups excluding carboxylic acids is 1. The minimum atomic E-state index is -0.254. The van der Waals surface area contributed by atoms with Gasteiger partial charge in [-0.15, -0.1) is 0 Å². The van der Waals surface area contributed by atoms with Gasteiger partial charge < -0.3 is 14.8 Å². The van der Waals surface area contributed by atoms with Gasteiger partial charge >= 0.3 is 0 Å². The van der Waals surface area contributed by atoms with Crippen molar-refractivity contribution >= 4 is 21.8 Å². The highest BCUT2D eigenvalue weighted by atomic mass is 79.9. The molecule has 0 fully saturated rings. The molecule has 0 aliphatic heterocycles. The van der Waals surface area contributed by atoms with Gasteiger partial charge in [-0.2, -0.15) is 0 Å². The fourth-order valence-corrected chi connectivity index (χ4v) is 1.12. The fourth-order valence-electron chi connectivity index (χ4n) is 0.782. The Morgan fingerprint density at radius 3 is 3.00 bits per heavy atom. The van der Waals surface area contributed by atoms with E-state index in [1.54, 1.807) is 13.0 Å². The van der Waals surface area contributed by atoms with Gasteiger partial charge in [0.25, 0.3) is 5.91 Å². The van der Waals surface area contributed by atoms with Gasteiger partial charge in [-0.05, 0) is 22.9 Å². The van der Waals surface area contributed by atoms with E-state index in [9.17, 15) is 4.79 Å². The summed E-state index contributed by atoms with van der Waals surface area (Å²) in [6.45, 7) is 1.64. The molecule has 0 saturated heterocycles. The van der Waals surface area contributed by atoms with Crippen LogP contribution in [0.15, 0.2) is 21.4 Å². The first-order valence-electron chi connectivity index (χ1n) is 3.79. The van der Waals surface area contributed by atoms with Crippen LogP contribution in [0.4, 0.5) is 0 Å². The smallest absolute Gasteiger partial charge is 0.254 e. The maximum atomic E-state index is 11.3. The van der Waals surface area contributed by atoms with Crippen molar-refractivity contribution in [2.75, 3.05) is 6.61 Å². The fraction of sp³-hybridized carbons (Fsp3) is 0.375. The Labute approximate surface area is 84.1 Å². The average molecular weight is 248 g/mol. The normalized spacial score (nSPS) is 12.5. The van der Waals surface area contributed by atoms with E-state index in [0.29, 0.717) is 10.2 Å². The number of halogens is 1. The molecule has 0 aromatic carbocycles. The Morgan fingerprint density at radius 1 is 1.85 bits per heavy atom. The minimum Gasteiger partial charge on any atom is -0.457 e. The Hall–Kier alpha value is -0.810. The number of nitrogens with one attached hydrogen (secondary N) is 1. The lowest BCUT2D eigenvalue weighted by Gasteiger charge is -2.08. The van der Waals surface area contributed by atoms with Crippen LogP contribution in [-0.2, 0) is 0 Å².